The number of hydrogen-bond donors (Lipinski definition) is 0. The smallest absolute Gasteiger partial charge is 0.184 e. The summed E-state index contributed by atoms with van der Waals surface area (Å²) in [4.78, 5) is 12.3. The molecule has 0 aliphatic carbocycles. The summed E-state index contributed by atoms with van der Waals surface area (Å²) in [6.07, 6.45) is 3.48. The first-order valence-electron chi connectivity index (χ1n) is 9.90. The number of nitrogens with zero attached hydrogens (tertiary/aromatic N) is 1. The minimum Gasteiger partial charge on any atom is -0.381 e. The molecule has 1 aliphatic heterocycles. The Bertz CT molecular complexity index is 927. The van der Waals surface area contributed by atoms with Gasteiger partial charge in [0.1, 0.15) is 12.3 Å². The van der Waals surface area contributed by atoms with Gasteiger partial charge in [0.05, 0.1) is 6.61 Å². The van der Waals surface area contributed by atoms with E-state index in [0.717, 1.165) is 38.0 Å². The average Bonchev–Trinajstić information content (AvgIpc) is 3.22. The largest absolute Gasteiger partial charge is 0.381 e. The molecule has 1 aliphatic rings. The Morgan fingerprint density at radius 3 is 2.71 bits per heavy atom. The molecule has 28 heavy (non-hydrogen) atoms. The fourth-order valence-corrected chi connectivity index (χ4v) is 3.61. The van der Waals surface area contributed by atoms with Crippen LogP contribution in [-0.4, -0.2) is 24.2 Å². The fraction of sp³-hybridized carbons (Fsp3) is 0.391. The molecule has 0 radical (unpaired) electrons. The van der Waals surface area contributed by atoms with E-state index in [1.165, 1.54) is 10.8 Å². The maximum Gasteiger partial charge on any atom is 0.184 e. The summed E-state index contributed by atoms with van der Waals surface area (Å²) in [7, 11) is 0. The molecule has 146 valence electrons. The van der Waals surface area contributed by atoms with E-state index in [0.29, 0.717) is 37.0 Å². The fourth-order valence-electron chi connectivity index (χ4n) is 3.61. The van der Waals surface area contributed by atoms with Crippen LogP contribution in [0.4, 0.5) is 0 Å². The van der Waals surface area contributed by atoms with Crippen molar-refractivity contribution in [1.82, 2.24) is 5.16 Å². The monoisotopic (exact) mass is 379 g/mol. The summed E-state index contributed by atoms with van der Waals surface area (Å²) in [5.74, 6) is 1.19. The van der Waals surface area contributed by atoms with E-state index in [1.807, 2.05) is 12.1 Å². The first kappa shape index (κ1) is 18.8. The minimum absolute atomic E-state index is 0.0380. The summed E-state index contributed by atoms with van der Waals surface area (Å²) >= 11 is 0. The van der Waals surface area contributed by atoms with E-state index in [4.69, 9.17) is 14.0 Å². The number of ether oxygens (including phenoxy) is 2. The maximum absolute atomic E-state index is 12.3. The van der Waals surface area contributed by atoms with Gasteiger partial charge in [-0.05, 0) is 47.6 Å². The van der Waals surface area contributed by atoms with Crippen molar-refractivity contribution in [3.05, 3.63) is 65.5 Å². The van der Waals surface area contributed by atoms with Gasteiger partial charge < -0.3 is 14.0 Å². The highest BCUT2D eigenvalue weighted by atomic mass is 16.5. The molecule has 0 atom stereocenters. The molecular weight excluding hydrogens is 354 g/mol. The number of ketones is 1. The quantitative estimate of drug-likeness (QED) is 0.519. The number of rotatable bonds is 8. The lowest BCUT2D eigenvalue weighted by Crippen LogP contribution is -2.16. The predicted molar refractivity (Wildman–Crippen MR) is 106 cm³/mol. The van der Waals surface area contributed by atoms with Crippen LogP contribution in [0, 0.1) is 5.92 Å². The highest BCUT2D eigenvalue weighted by molar-refractivity contribution is 5.94. The molecule has 0 saturated carbocycles. The summed E-state index contributed by atoms with van der Waals surface area (Å²) in [6.45, 7) is 2.40. The van der Waals surface area contributed by atoms with Crippen LogP contribution in [-0.2, 0) is 22.7 Å². The van der Waals surface area contributed by atoms with Crippen LogP contribution in [0.25, 0.3) is 10.8 Å². The Labute approximate surface area is 164 Å². The standard InChI is InChI=1S/C23H25NO4/c25-23(8-6-17-9-11-26-12-10-17)22-14-21(28-24-22)16-27-15-18-5-7-19-3-1-2-4-20(19)13-18/h1-5,7,13-14,17H,6,8-12,15-16H2. The number of carbonyl (C=O) groups is 1. The number of aromatic nitrogens is 1. The van der Waals surface area contributed by atoms with Gasteiger partial charge in [-0.15, -0.1) is 0 Å². The highest BCUT2D eigenvalue weighted by Crippen LogP contribution is 2.21. The second-order valence-electron chi connectivity index (χ2n) is 7.37. The van der Waals surface area contributed by atoms with Gasteiger partial charge in [0, 0.05) is 25.7 Å². The van der Waals surface area contributed by atoms with Gasteiger partial charge in [0.25, 0.3) is 0 Å². The zero-order valence-corrected chi connectivity index (χ0v) is 15.9. The van der Waals surface area contributed by atoms with Gasteiger partial charge in [-0.25, -0.2) is 0 Å². The first-order valence-corrected chi connectivity index (χ1v) is 9.90. The molecule has 3 aromatic rings. The van der Waals surface area contributed by atoms with Gasteiger partial charge in [-0.1, -0.05) is 41.6 Å². The summed E-state index contributed by atoms with van der Waals surface area (Å²) in [5.41, 5.74) is 1.50. The van der Waals surface area contributed by atoms with Gasteiger partial charge in [0.15, 0.2) is 11.5 Å². The molecule has 5 nitrogen and oxygen atoms in total. The van der Waals surface area contributed by atoms with Crippen LogP contribution >= 0.6 is 0 Å². The van der Waals surface area contributed by atoms with Gasteiger partial charge in [0.2, 0.25) is 0 Å². The second kappa shape index (κ2) is 9.13. The second-order valence-corrected chi connectivity index (χ2v) is 7.37. The topological polar surface area (TPSA) is 61.6 Å². The normalized spacial score (nSPS) is 15.1. The van der Waals surface area contributed by atoms with Crippen molar-refractivity contribution in [3.8, 4) is 0 Å². The molecular formula is C23H25NO4. The first-order chi connectivity index (χ1) is 13.8. The van der Waals surface area contributed by atoms with Crippen LogP contribution in [0.15, 0.2) is 53.1 Å². The molecule has 4 rings (SSSR count). The molecule has 1 saturated heterocycles. The number of fused-ring (bicyclic) bond motifs is 1. The lowest BCUT2D eigenvalue weighted by atomic mass is 9.93. The van der Waals surface area contributed by atoms with Crippen LogP contribution in [0.5, 0.6) is 0 Å². The van der Waals surface area contributed by atoms with Crippen LogP contribution < -0.4 is 0 Å². The Morgan fingerprint density at radius 1 is 1.04 bits per heavy atom. The molecule has 5 heteroatoms. The Balaban J connectivity index is 1.25. The Morgan fingerprint density at radius 2 is 1.86 bits per heavy atom. The van der Waals surface area contributed by atoms with Crippen molar-refractivity contribution in [1.29, 1.82) is 0 Å². The van der Waals surface area contributed by atoms with Gasteiger partial charge in [-0.3, -0.25) is 4.79 Å². The van der Waals surface area contributed by atoms with Crippen molar-refractivity contribution in [2.24, 2.45) is 5.92 Å². The zero-order valence-electron chi connectivity index (χ0n) is 15.9. The molecule has 1 aromatic heterocycles. The van der Waals surface area contributed by atoms with Crippen molar-refractivity contribution in [2.45, 2.75) is 38.9 Å². The molecule has 0 spiro atoms. The Hall–Kier alpha value is -2.50. The third kappa shape index (κ3) is 4.86. The third-order valence-electron chi connectivity index (χ3n) is 5.29. The molecule has 0 amide bonds. The zero-order chi connectivity index (χ0) is 19.2. The SMILES string of the molecule is O=C(CCC1CCOCC1)c1cc(COCc2ccc3ccccc3c2)on1. The summed E-state index contributed by atoms with van der Waals surface area (Å²) in [5, 5.41) is 6.33. The van der Waals surface area contributed by atoms with E-state index in [1.54, 1.807) is 6.07 Å². The van der Waals surface area contributed by atoms with Crippen molar-refractivity contribution in [2.75, 3.05) is 13.2 Å². The van der Waals surface area contributed by atoms with E-state index >= 15 is 0 Å². The average molecular weight is 379 g/mol. The number of Topliss-reactive ketones (excluding diaryl/α,β-unsaturated/α-hetero) is 1. The van der Waals surface area contributed by atoms with Crippen molar-refractivity contribution in [3.63, 3.8) is 0 Å². The summed E-state index contributed by atoms with van der Waals surface area (Å²) < 4.78 is 16.4. The van der Waals surface area contributed by atoms with Crippen molar-refractivity contribution >= 4 is 16.6 Å². The predicted octanol–water partition coefficient (Wildman–Crippen LogP) is 4.93. The van der Waals surface area contributed by atoms with Crippen molar-refractivity contribution < 1.29 is 18.8 Å². The van der Waals surface area contributed by atoms with E-state index in [-0.39, 0.29) is 5.78 Å². The third-order valence-corrected chi connectivity index (χ3v) is 5.29. The molecule has 1 fully saturated rings. The van der Waals surface area contributed by atoms with Crippen LogP contribution in [0.3, 0.4) is 0 Å². The van der Waals surface area contributed by atoms with Crippen LogP contribution in [0.2, 0.25) is 0 Å². The number of benzene rings is 2. The molecule has 0 unspecified atom stereocenters. The lowest BCUT2D eigenvalue weighted by molar-refractivity contribution is 0.0618. The lowest BCUT2D eigenvalue weighted by Gasteiger charge is -2.21. The van der Waals surface area contributed by atoms with Gasteiger partial charge >= 0.3 is 0 Å². The molecule has 2 heterocycles. The Kier molecular flexibility index (Phi) is 6.14. The van der Waals surface area contributed by atoms with E-state index in [9.17, 15) is 4.79 Å². The van der Waals surface area contributed by atoms with E-state index < -0.39 is 0 Å². The summed E-state index contributed by atoms with van der Waals surface area (Å²) in [6, 6.07) is 16.2. The highest BCUT2D eigenvalue weighted by Gasteiger charge is 2.18. The maximum atomic E-state index is 12.3. The number of hydrogen-bond acceptors (Lipinski definition) is 5. The van der Waals surface area contributed by atoms with Crippen LogP contribution in [0.1, 0.15) is 47.5 Å². The molecule has 0 bridgehead atoms. The van der Waals surface area contributed by atoms with E-state index in [2.05, 4.69) is 35.5 Å². The number of carbonyl (C=O) groups excluding carboxylic acids is 1. The molecule has 0 N–H and O–H groups in total. The minimum atomic E-state index is 0.0380. The van der Waals surface area contributed by atoms with Gasteiger partial charge in [-0.2, -0.15) is 0 Å². The molecule has 2 aromatic carbocycles.